The number of hydrogen-bond donors (Lipinski definition) is 0. The molecule has 1 nitrogen and oxygen atoms in total. The summed E-state index contributed by atoms with van der Waals surface area (Å²) >= 11 is 0. The van der Waals surface area contributed by atoms with E-state index in [1.807, 2.05) is 24.3 Å². The average molecular weight is 150 g/mol. The van der Waals surface area contributed by atoms with Crippen molar-refractivity contribution >= 4 is 5.69 Å². The van der Waals surface area contributed by atoms with Crippen molar-refractivity contribution in [3.63, 3.8) is 0 Å². The molecule has 0 atom stereocenters. The topological polar surface area (TPSA) is 3.24 Å². The second-order valence-corrected chi connectivity index (χ2v) is 2.43. The molecular formula is C10H15N. The first kappa shape index (κ1) is 6.71. The van der Waals surface area contributed by atoms with Crippen molar-refractivity contribution in [1.82, 2.24) is 0 Å². The van der Waals surface area contributed by atoms with Gasteiger partial charge in [0.05, 0.1) is 1.37 Å². The van der Waals surface area contributed by atoms with Gasteiger partial charge in [-0.1, -0.05) is 18.2 Å². The minimum absolute atomic E-state index is 0.575. The Bertz CT molecular complexity index is 226. The van der Waals surface area contributed by atoms with Crippen LogP contribution in [-0.2, 0) is 0 Å². The van der Waals surface area contributed by atoms with Gasteiger partial charge in [-0.2, -0.15) is 0 Å². The lowest BCUT2D eigenvalue weighted by Gasteiger charge is -2.20. The summed E-state index contributed by atoms with van der Waals surface area (Å²) in [6.07, 6.45) is 0. The first-order valence-corrected chi connectivity index (χ1v) is 4.09. The van der Waals surface area contributed by atoms with E-state index in [-0.39, 0.29) is 0 Å². The van der Waals surface area contributed by atoms with Crippen LogP contribution in [0.4, 0.5) is 5.69 Å². The standard InChI is InChI=1S/C10H15N/c1-3-11(4-2)10-8-6-5-7-9-10/h5-9H,3-4H2,1-2H3/i5D. The van der Waals surface area contributed by atoms with Gasteiger partial charge in [-0.25, -0.2) is 0 Å². The lowest BCUT2D eigenvalue weighted by Crippen LogP contribution is -2.21. The molecule has 0 spiro atoms. The van der Waals surface area contributed by atoms with Crippen LogP contribution in [0.3, 0.4) is 0 Å². The lowest BCUT2D eigenvalue weighted by molar-refractivity contribution is 0.866. The third-order valence-corrected chi connectivity index (χ3v) is 1.83. The highest BCUT2D eigenvalue weighted by Gasteiger charge is 1.97. The SMILES string of the molecule is [2H]c1ccc(N(CC)CC)cc1. The second-order valence-electron chi connectivity index (χ2n) is 2.43. The van der Waals surface area contributed by atoms with Crippen LogP contribution in [0.2, 0.25) is 0 Å². The van der Waals surface area contributed by atoms with E-state index in [9.17, 15) is 0 Å². The van der Waals surface area contributed by atoms with E-state index in [2.05, 4.69) is 18.7 Å². The third kappa shape index (κ3) is 1.97. The van der Waals surface area contributed by atoms with Crippen LogP contribution in [0.5, 0.6) is 0 Å². The summed E-state index contributed by atoms with van der Waals surface area (Å²) < 4.78 is 7.33. The molecule has 1 aromatic carbocycles. The normalized spacial score (nSPS) is 10.9. The highest BCUT2D eigenvalue weighted by Crippen LogP contribution is 2.11. The Hall–Kier alpha value is -0.980. The van der Waals surface area contributed by atoms with Gasteiger partial charge in [0.2, 0.25) is 0 Å². The monoisotopic (exact) mass is 150 g/mol. The fraction of sp³-hybridized carbons (Fsp3) is 0.400. The van der Waals surface area contributed by atoms with E-state index in [4.69, 9.17) is 1.37 Å². The molecule has 0 radical (unpaired) electrons. The Morgan fingerprint density at radius 1 is 1.27 bits per heavy atom. The van der Waals surface area contributed by atoms with E-state index in [1.54, 1.807) is 0 Å². The summed E-state index contributed by atoms with van der Waals surface area (Å²) in [5.41, 5.74) is 1.20. The predicted octanol–water partition coefficient (Wildman–Crippen LogP) is 2.53. The van der Waals surface area contributed by atoms with Gasteiger partial charge >= 0.3 is 0 Å². The molecule has 0 fully saturated rings. The maximum atomic E-state index is 7.33. The molecule has 0 aliphatic heterocycles. The zero-order valence-electron chi connectivity index (χ0n) is 8.17. The van der Waals surface area contributed by atoms with Crippen LogP contribution in [0.25, 0.3) is 0 Å². The number of para-hydroxylation sites is 1. The Morgan fingerprint density at radius 3 is 2.27 bits per heavy atom. The highest BCUT2D eigenvalue weighted by atomic mass is 15.1. The molecule has 1 aromatic rings. The van der Waals surface area contributed by atoms with E-state index in [0.717, 1.165) is 13.1 Å². The maximum Gasteiger partial charge on any atom is 0.0623 e. The van der Waals surface area contributed by atoms with E-state index in [0.29, 0.717) is 6.04 Å². The zero-order chi connectivity index (χ0) is 8.97. The van der Waals surface area contributed by atoms with Crippen molar-refractivity contribution in [3.05, 3.63) is 30.3 Å². The van der Waals surface area contributed by atoms with E-state index < -0.39 is 0 Å². The predicted molar refractivity (Wildman–Crippen MR) is 50.0 cm³/mol. The highest BCUT2D eigenvalue weighted by molar-refractivity contribution is 5.45. The van der Waals surface area contributed by atoms with E-state index in [1.165, 1.54) is 5.69 Å². The summed E-state index contributed by atoms with van der Waals surface area (Å²) in [6.45, 7) is 6.32. The molecule has 60 valence electrons. The zero-order valence-corrected chi connectivity index (χ0v) is 7.17. The lowest BCUT2D eigenvalue weighted by atomic mass is 10.3. The third-order valence-electron chi connectivity index (χ3n) is 1.83. The molecule has 1 rings (SSSR count). The minimum atomic E-state index is 0.575. The number of nitrogens with zero attached hydrogens (tertiary/aromatic N) is 1. The maximum absolute atomic E-state index is 7.33. The van der Waals surface area contributed by atoms with Crippen molar-refractivity contribution in [2.75, 3.05) is 18.0 Å². The fourth-order valence-electron chi connectivity index (χ4n) is 1.18. The van der Waals surface area contributed by atoms with Gasteiger partial charge in [0.15, 0.2) is 0 Å². The molecule has 0 amide bonds. The molecule has 0 N–H and O–H groups in total. The summed E-state index contributed by atoms with van der Waals surface area (Å²) in [7, 11) is 0. The van der Waals surface area contributed by atoms with Crippen LogP contribution in [0.15, 0.2) is 30.3 Å². The van der Waals surface area contributed by atoms with Crippen molar-refractivity contribution in [1.29, 1.82) is 0 Å². The van der Waals surface area contributed by atoms with Gasteiger partial charge in [-0.3, -0.25) is 0 Å². The van der Waals surface area contributed by atoms with Gasteiger partial charge in [0.1, 0.15) is 0 Å². The summed E-state index contributed by atoms with van der Waals surface area (Å²) in [5.74, 6) is 0. The van der Waals surface area contributed by atoms with Crippen molar-refractivity contribution in [2.45, 2.75) is 13.8 Å². The number of rotatable bonds is 3. The first-order chi connectivity index (χ1) is 5.77. The molecular weight excluding hydrogens is 134 g/mol. The largest absolute Gasteiger partial charge is 0.372 e. The van der Waals surface area contributed by atoms with Gasteiger partial charge in [0, 0.05) is 18.8 Å². The van der Waals surface area contributed by atoms with Gasteiger partial charge in [-0.15, -0.1) is 0 Å². The van der Waals surface area contributed by atoms with Gasteiger partial charge in [-0.05, 0) is 26.0 Å². The molecule has 0 unspecified atom stereocenters. The number of anilines is 1. The number of benzene rings is 1. The summed E-state index contributed by atoms with van der Waals surface area (Å²) in [6, 6.07) is 8.22. The Kier molecular flexibility index (Phi) is 2.45. The second kappa shape index (κ2) is 4.02. The fourth-order valence-corrected chi connectivity index (χ4v) is 1.18. The molecule has 0 saturated heterocycles. The summed E-state index contributed by atoms with van der Waals surface area (Å²) in [4.78, 5) is 2.26. The van der Waals surface area contributed by atoms with Crippen molar-refractivity contribution in [3.8, 4) is 0 Å². The van der Waals surface area contributed by atoms with Crippen LogP contribution in [0.1, 0.15) is 15.2 Å². The van der Waals surface area contributed by atoms with Gasteiger partial charge in [0.25, 0.3) is 0 Å². The molecule has 0 saturated carbocycles. The Balaban J connectivity index is 2.80. The molecule has 0 aliphatic rings. The van der Waals surface area contributed by atoms with Crippen molar-refractivity contribution in [2.24, 2.45) is 0 Å². The summed E-state index contributed by atoms with van der Waals surface area (Å²) in [5, 5.41) is 0. The van der Waals surface area contributed by atoms with Crippen LogP contribution in [-0.4, -0.2) is 13.1 Å². The van der Waals surface area contributed by atoms with E-state index >= 15 is 0 Å². The molecule has 0 bridgehead atoms. The van der Waals surface area contributed by atoms with Crippen molar-refractivity contribution < 1.29 is 1.37 Å². The van der Waals surface area contributed by atoms with Crippen LogP contribution >= 0.6 is 0 Å². The quantitative estimate of drug-likeness (QED) is 0.640. The molecule has 1 heteroatoms. The van der Waals surface area contributed by atoms with Crippen LogP contribution in [0, 0.1) is 0 Å². The smallest absolute Gasteiger partial charge is 0.0623 e. The minimum Gasteiger partial charge on any atom is -0.372 e. The number of hydrogen-bond acceptors (Lipinski definition) is 1. The van der Waals surface area contributed by atoms with Crippen LogP contribution < -0.4 is 4.90 Å². The van der Waals surface area contributed by atoms with Gasteiger partial charge < -0.3 is 4.90 Å². The Morgan fingerprint density at radius 2 is 1.82 bits per heavy atom. The molecule has 11 heavy (non-hydrogen) atoms. The first-order valence-electron chi connectivity index (χ1n) is 4.59. The molecule has 0 aromatic heterocycles. The molecule has 0 aliphatic carbocycles. The average Bonchev–Trinajstić information content (AvgIpc) is 2.10. The Labute approximate surface area is 70.1 Å². The molecule has 0 heterocycles.